The van der Waals surface area contributed by atoms with Gasteiger partial charge in [-0.15, -0.1) is 11.6 Å². The summed E-state index contributed by atoms with van der Waals surface area (Å²) in [6.45, 7) is 4.36. The monoisotopic (exact) mass is 322 g/mol. The van der Waals surface area contributed by atoms with E-state index in [4.69, 9.17) is 17.3 Å². The number of alkyl halides is 1. The summed E-state index contributed by atoms with van der Waals surface area (Å²) in [5.41, 5.74) is 5.91. The van der Waals surface area contributed by atoms with E-state index in [1.54, 1.807) is 0 Å². The molecule has 0 bridgehead atoms. The zero-order valence-corrected chi connectivity index (χ0v) is 14.0. The van der Waals surface area contributed by atoms with E-state index in [9.17, 15) is 8.42 Å². The summed E-state index contributed by atoms with van der Waals surface area (Å²) >= 11 is 6.24. The van der Waals surface area contributed by atoms with Gasteiger partial charge in [-0.25, -0.2) is 13.1 Å². The Kier molecular flexibility index (Phi) is 5.38. The molecule has 0 amide bonds. The van der Waals surface area contributed by atoms with E-state index in [2.05, 4.69) is 18.6 Å². The topological polar surface area (TPSA) is 72.2 Å². The van der Waals surface area contributed by atoms with Crippen molar-refractivity contribution in [2.45, 2.75) is 75.1 Å². The molecule has 2 saturated carbocycles. The van der Waals surface area contributed by atoms with Gasteiger partial charge < -0.3 is 5.73 Å². The number of sulfonamides is 1. The van der Waals surface area contributed by atoms with Crippen LogP contribution < -0.4 is 10.5 Å². The first kappa shape index (κ1) is 16.5. The molecule has 0 aliphatic heterocycles. The molecule has 6 heteroatoms. The normalized spacial score (nSPS) is 43.4. The van der Waals surface area contributed by atoms with E-state index in [0.29, 0.717) is 24.7 Å². The maximum Gasteiger partial charge on any atom is 0.216 e. The molecule has 6 atom stereocenters. The molecule has 0 radical (unpaired) electrons. The van der Waals surface area contributed by atoms with Crippen molar-refractivity contribution in [1.29, 1.82) is 0 Å². The molecule has 2 aliphatic carbocycles. The Morgan fingerprint density at radius 2 is 1.80 bits per heavy atom. The first-order valence-corrected chi connectivity index (χ1v) is 9.68. The molecular formula is C14H27ClN2O2S. The van der Waals surface area contributed by atoms with Crippen LogP contribution in [0.15, 0.2) is 0 Å². The van der Waals surface area contributed by atoms with Gasteiger partial charge in [0, 0.05) is 12.1 Å². The van der Waals surface area contributed by atoms with Gasteiger partial charge in [0.15, 0.2) is 0 Å². The van der Waals surface area contributed by atoms with E-state index >= 15 is 0 Å². The summed E-state index contributed by atoms with van der Waals surface area (Å²) < 4.78 is 28.1. The van der Waals surface area contributed by atoms with Crippen LogP contribution in [0.2, 0.25) is 0 Å². The fourth-order valence-corrected chi connectivity index (χ4v) is 6.19. The van der Waals surface area contributed by atoms with Crippen LogP contribution in [0.4, 0.5) is 0 Å². The van der Waals surface area contributed by atoms with Crippen molar-refractivity contribution in [3.8, 4) is 0 Å². The highest BCUT2D eigenvalue weighted by atomic mass is 35.5. The molecule has 0 spiro atoms. The van der Waals surface area contributed by atoms with Gasteiger partial charge in [-0.2, -0.15) is 0 Å². The lowest BCUT2D eigenvalue weighted by atomic mass is 9.80. The number of nitrogens with one attached hydrogen (secondary N) is 1. The number of halogens is 1. The zero-order chi connectivity index (χ0) is 14.9. The van der Waals surface area contributed by atoms with Crippen LogP contribution in [0.3, 0.4) is 0 Å². The Labute approximate surface area is 127 Å². The van der Waals surface area contributed by atoms with E-state index in [-0.39, 0.29) is 17.5 Å². The first-order valence-electron chi connectivity index (χ1n) is 7.70. The Morgan fingerprint density at radius 1 is 1.10 bits per heavy atom. The standard InChI is InChI=1S/C14H27ClN2O2S/c1-9-3-6-13(10(2)7-9)17-20(18,19)14-8-11(16)4-5-12(14)15/h9-14,17H,3-8,16H2,1-2H3. The molecule has 20 heavy (non-hydrogen) atoms. The van der Waals surface area contributed by atoms with Gasteiger partial charge in [0.1, 0.15) is 0 Å². The highest BCUT2D eigenvalue weighted by Crippen LogP contribution is 2.32. The van der Waals surface area contributed by atoms with Crippen molar-refractivity contribution in [3.63, 3.8) is 0 Å². The van der Waals surface area contributed by atoms with Crippen LogP contribution in [0.1, 0.15) is 52.4 Å². The van der Waals surface area contributed by atoms with Crippen LogP contribution in [0.25, 0.3) is 0 Å². The highest BCUT2D eigenvalue weighted by molar-refractivity contribution is 7.90. The molecule has 0 aromatic carbocycles. The third kappa shape index (κ3) is 3.87. The average Bonchev–Trinajstić information content (AvgIpc) is 2.35. The smallest absolute Gasteiger partial charge is 0.216 e. The summed E-state index contributed by atoms with van der Waals surface area (Å²) in [6, 6.07) is 0.00796. The Morgan fingerprint density at radius 3 is 2.45 bits per heavy atom. The molecule has 0 heterocycles. The van der Waals surface area contributed by atoms with Gasteiger partial charge in [-0.1, -0.05) is 13.8 Å². The van der Waals surface area contributed by atoms with Crippen LogP contribution in [-0.2, 0) is 10.0 Å². The minimum absolute atomic E-state index is 0.0459. The number of hydrogen-bond acceptors (Lipinski definition) is 3. The van der Waals surface area contributed by atoms with Gasteiger partial charge in [-0.05, 0) is 50.4 Å². The second-order valence-electron chi connectivity index (χ2n) is 6.79. The molecule has 118 valence electrons. The number of nitrogens with two attached hydrogens (primary N) is 1. The van der Waals surface area contributed by atoms with Crippen molar-refractivity contribution >= 4 is 21.6 Å². The van der Waals surface area contributed by atoms with Crippen molar-refractivity contribution < 1.29 is 8.42 Å². The second-order valence-corrected chi connectivity index (χ2v) is 9.28. The molecule has 0 saturated heterocycles. The molecule has 6 unspecified atom stereocenters. The predicted molar refractivity (Wildman–Crippen MR) is 83.3 cm³/mol. The Balaban J connectivity index is 2.03. The lowest BCUT2D eigenvalue weighted by Crippen LogP contribution is -2.51. The summed E-state index contributed by atoms with van der Waals surface area (Å²) in [5, 5.41) is -0.857. The van der Waals surface area contributed by atoms with Gasteiger partial charge >= 0.3 is 0 Å². The van der Waals surface area contributed by atoms with Crippen LogP contribution >= 0.6 is 11.6 Å². The van der Waals surface area contributed by atoms with Crippen molar-refractivity contribution in [3.05, 3.63) is 0 Å². The molecule has 2 fully saturated rings. The maximum absolute atomic E-state index is 12.6. The molecule has 3 N–H and O–H groups in total. The van der Waals surface area contributed by atoms with Gasteiger partial charge in [0.05, 0.1) is 10.6 Å². The molecule has 2 rings (SSSR count). The van der Waals surface area contributed by atoms with Gasteiger partial charge in [0.25, 0.3) is 0 Å². The first-order chi connectivity index (χ1) is 9.29. The molecular weight excluding hydrogens is 296 g/mol. The average molecular weight is 323 g/mol. The number of rotatable bonds is 3. The highest BCUT2D eigenvalue weighted by Gasteiger charge is 2.39. The molecule has 4 nitrogen and oxygen atoms in total. The lowest BCUT2D eigenvalue weighted by Gasteiger charge is -2.36. The Hall–Kier alpha value is 0.160. The fraction of sp³-hybridized carbons (Fsp3) is 1.00. The summed E-state index contributed by atoms with van der Waals surface area (Å²) in [4.78, 5) is 0. The third-order valence-corrected chi connectivity index (χ3v) is 7.52. The summed E-state index contributed by atoms with van der Waals surface area (Å²) in [5.74, 6) is 1.08. The molecule has 0 aromatic heterocycles. The van der Waals surface area contributed by atoms with E-state index in [0.717, 1.165) is 25.7 Å². The van der Waals surface area contributed by atoms with Gasteiger partial charge in [-0.3, -0.25) is 0 Å². The predicted octanol–water partition coefficient (Wildman–Crippen LogP) is 2.22. The van der Waals surface area contributed by atoms with Gasteiger partial charge in [0.2, 0.25) is 10.0 Å². The molecule has 2 aliphatic rings. The minimum atomic E-state index is -3.38. The van der Waals surface area contributed by atoms with E-state index in [1.165, 1.54) is 0 Å². The quantitative estimate of drug-likeness (QED) is 0.783. The van der Waals surface area contributed by atoms with Crippen LogP contribution in [-0.4, -0.2) is 31.1 Å². The Bertz CT molecular complexity index is 429. The second kappa shape index (κ2) is 6.51. The summed E-state index contributed by atoms with van der Waals surface area (Å²) in [6.07, 6.45) is 5.07. The molecule has 0 aromatic rings. The maximum atomic E-state index is 12.6. The summed E-state index contributed by atoms with van der Waals surface area (Å²) in [7, 11) is -3.38. The van der Waals surface area contributed by atoms with Crippen LogP contribution in [0.5, 0.6) is 0 Å². The fourth-order valence-electron chi connectivity index (χ4n) is 3.58. The van der Waals surface area contributed by atoms with Crippen LogP contribution in [0, 0.1) is 11.8 Å². The van der Waals surface area contributed by atoms with E-state index < -0.39 is 15.3 Å². The largest absolute Gasteiger partial charge is 0.328 e. The lowest BCUT2D eigenvalue weighted by molar-refractivity contribution is 0.248. The number of hydrogen-bond donors (Lipinski definition) is 2. The van der Waals surface area contributed by atoms with Crippen molar-refractivity contribution in [2.75, 3.05) is 0 Å². The van der Waals surface area contributed by atoms with Crippen molar-refractivity contribution in [1.82, 2.24) is 4.72 Å². The minimum Gasteiger partial charge on any atom is -0.328 e. The SMILES string of the molecule is CC1CCC(NS(=O)(=O)C2CC(N)CCC2Cl)C(C)C1. The third-order valence-electron chi connectivity index (χ3n) is 4.90. The zero-order valence-electron chi connectivity index (χ0n) is 12.4. The van der Waals surface area contributed by atoms with E-state index in [1.807, 2.05) is 0 Å². The van der Waals surface area contributed by atoms with Crippen molar-refractivity contribution in [2.24, 2.45) is 17.6 Å².